The van der Waals surface area contributed by atoms with Crippen molar-refractivity contribution in [1.82, 2.24) is 20.2 Å². The van der Waals surface area contributed by atoms with Gasteiger partial charge in [0, 0.05) is 42.8 Å². The van der Waals surface area contributed by atoms with Crippen LogP contribution in [0.3, 0.4) is 0 Å². The number of unbranched alkanes of at least 4 members (excludes halogenated alkanes) is 1. The van der Waals surface area contributed by atoms with Crippen LogP contribution in [-0.4, -0.2) is 35.1 Å². The normalized spacial score (nSPS) is 13.0. The Kier molecular flexibility index (Phi) is 7.82. The van der Waals surface area contributed by atoms with Crippen LogP contribution in [0.25, 0.3) is 0 Å². The Morgan fingerprint density at radius 1 is 1.38 bits per heavy atom. The third kappa shape index (κ3) is 6.00. The number of rotatable bonds is 9. The van der Waals surface area contributed by atoms with E-state index in [-0.39, 0.29) is 0 Å². The second-order valence-corrected chi connectivity index (χ2v) is 6.92. The number of aryl methyl sites for hydroxylation is 2. The molecule has 24 heavy (non-hydrogen) atoms. The molecule has 0 amide bonds. The minimum Gasteiger partial charge on any atom is -0.357 e. The molecule has 132 valence electrons. The van der Waals surface area contributed by atoms with E-state index in [1.54, 1.807) is 11.3 Å². The first-order valence-electron chi connectivity index (χ1n) is 8.74. The van der Waals surface area contributed by atoms with Crippen molar-refractivity contribution in [3.05, 3.63) is 40.6 Å². The van der Waals surface area contributed by atoms with Gasteiger partial charge in [0.15, 0.2) is 5.96 Å². The molecular formula is C18H29N5S. The summed E-state index contributed by atoms with van der Waals surface area (Å²) in [5.74, 6) is 2.46. The molecule has 0 saturated heterocycles. The van der Waals surface area contributed by atoms with E-state index in [1.165, 1.54) is 4.88 Å². The van der Waals surface area contributed by atoms with Crippen LogP contribution in [0.1, 0.15) is 43.3 Å². The van der Waals surface area contributed by atoms with Crippen molar-refractivity contribution < 1.29 is 0 Å². The van der Waals surface area contributed by atoms with Gasteiger partial charge in [0.25, 0.3) is 0 Å². The van der Waals surface area contributed by atoms with E-state index in [2.05, 4.69) is 51.5 Å². The summed E-state index contributed by atoms with van der Waals surface area (Å²) in [5, 5.41) is 8.88. The SMILES string of the molecule is CCNC(=NCC(C)c1cccs1)NCCCCn1ccnc1C. The number of aliphatic imine (C=N–C) groups is 1. The number of hydrogen-bond acceptors (Lipinski definition) is 3. The molecule has 0 aliphatic rings. The van der Waals surface area contributed by atoms with Gasteiger partial charge in [0.05, 0.1) is 6.54 Å². The fraction of sp³-hybridized carbons (Fsp3) is 0.556. The zero-order valence-corrected chi connectivity index (χ0v) is 15.8. The van der Waals surface area contributed by atoms with E-state index < -0.39 is 0 Å². The number of imidazole rings is 1. The maximum atomic E-state index is 4.72. The molecule has 2 rings (SSSR count). The molecule has 0 aromatic carbocycles. The van der Waals surface area contributed by atoms with E-state index in [1.807, 2.05) is 19.3 Å². The van der Waals surface area contributed by atoms with Crippen LogP contribution in [0.5, 0.6) is 0 Å². The topological polar surface area (TPSA) is 54.2 Å². The monoisotopic (exact) mass is 347 g/mol. The number of thiophene rings is 1. The van der Waals surface area contributed by atoms with Gasteiger partial charge in [-0.25, -0.2) is 4.98 Å². The van der Waals surface area contributed by atoms with Crippen LogP contribution in [-0.2, 0) is 6.54 Å². The Balaban J connectivity index is 1.70. The predicted molar refractivity (Wildman–Crippen MR) is 103 cm³/mol. The molecule has 0 aliphatic heterocycles. The number of hydrogen-bond donors (Lipinski definition) is 2. The summed E-state index contributed by atoms with van der Waals surface area (Å²) in [6.07, 6.45) is 6.15. The second kappa shape index (κ2) is 10.1. The van der Waals surface area contributed by atoms with Gasteiger partial charge in [-0.1, -0.05) is 13.0 Å². The smallest absolute Gasteiger partial charge is 0.191 e. The summed E-state index contributed by atoms with van der Waals surface area (Å²) >= 11 is 1.80. The van der Waals surface area contributed by atoms with Crippen LogP contribution in [0.2, 0.25) is 0 Å². The van der Waals surface area contributed by atoms with Crippen LogP contribution in [0.15, 0.2) is 34.9 Å². The molecule has 0 bridgehead atoms. The van der Waals surface area contributed by atoms with Crippen molar-refractivity contribution in [2.45, 2.75) is 46.1 Å². The van der Waals surface area contributed by atoms with Gasteiger partial charge in [-0.3, -0.25) is 4.99 Å². The van der Waals surface area contributed by atoms with E-state index >= 15 is 0 Å². The van der Waals surface area contributed by atoms with Gasteiger partial charge in [0.1, 0.15) is 5.82 Å². The first-order valence-corrected chi connectivity index (χ1v) is 9.62. The highest BCUT2D eigenvalue weighted by Crippen LogP contribution is 2.20. The Hall–Kier alpha value is -1.82. The third-order valence-electron chi connectivity index (χ3n) is 3.94. The zero-order valence-electron chi connectivity index (χ0n) is 15.0. The summed E-state index contributed by atoms with van der Waals surface area (Å²) in [6, 6.07) is 4.29. The van der Waals surface area contributed by atoms with Crippen molar-refractivity contribution >= 4 is 17.3 Å². The summed E-state index contributed by atoms with van der Waals surface area (Å²) in [5.41, 5.74) is 0. The Morgan fingerprint density at radius 3 is 2.92 bits per heavy atom. The molecule has 0 saturated carbocycles. The van der Waals surface area contributed by atoms with E-state index in [0.717, 1.165) is 50.8 Å². The van der Waals surface area contributed by atoms with Gasteiger partial charge in [-0.05, 0) is 38.1 Å². The van der Waals surface area contributed by atoms with Crippen molar-refractivity contribution in [1.29, 1.82) is 0 Å². The lowest BCUT2D eigenvalue weighted by Gasteiger charge is -2.13. The van der Waals surface area contributed by atoms with E-state index in [0.29, 0.717) is 5.92 Å². The van der Waals surface area contributed by atoms with Crippen molar-refractivity contribution in [2.75, 3.05) is 19.6 Å². The third-order valence-corrected chi connectivity index (χ3v) is 5.04. The van der Waals surface area contributed by atoms with E-state index in [9.17, 15) is 0 Å². The van der Waals surface area contributed by atoms with Gasteiger partial charge in [0.2, 0.25) is 0 Å². The van der Waals surface area contributed by atoms with Gasteiger partial charge >= 0.3 is 0 Å². The highest BCUT2D eigenvalue weighted by molar-refractivity contribution is 7.10. The minimum absolute atomic E-state index is 0.463. The summed E-state index contributed by atoms with van der Waals surface area (Å²) in [6.45, 7) is 10.0. The molecule has 1 atom stereocenters. The maximum absolute atomic E-state index is 4.72. The summed E-state index contributed by atoms with van der Waals surface area (Å²) < 4.78 is 2.20. The van der Waals surface area contributed by atoms with Crippen LogP contribution < -0.4 is 10.6 Å². The Bertz CT molecular complexity index is 603. The highest BCUT2D eigenvalue weighted by atomic mass is 32.1. The highest BCUT2D eigenvalue weighted by Gasteiger charge is 2.06. The van der Waals surface area contributed by atoms with Crippen LogP contribution in [0.4, 0.5) is 0 Å². The minimum atomic E-state index is 0.463. The number of nitrogens with zero attached hydrogens (tertiary/aromatic N) is 3. The van der Waals surface area contributed by atoms with Crippen LogP contribution in [0, 0.1) is 6.92 Å². The van der Waals surface area contributed by atoms with Crippen molar-refractivity contribution in [3.8, 4) is 0 Å². The molecule has 2 heterocycles. The molecule has 5 nitrogen and oxygen atoms in total. The lowest BCUT2D eigenvalue weighted by molar-refractivity contribution is 0.588. The fourth-order valence-corrected chi connectivity index (χ4v) is 3.26. The molecule has 0 spiro atoms. The molecule has 0 fully saturated rings. The average Bonchev–Trinajstić information content (AvgIpc) is 3.24. The molecule has 6 heteroatoms. The van der Waals surface area contributed by atoms with E-state index in [4.69, 9.17) is 4.99 Å². The lowest BCUT2D eigenvalue weighted by Crippen LogP contribution is -2.38. The van der Waals surface area contributed by atoms with Gasteiger partial charge in [-0.2, -0.15) is 0 Å². The average molecular weight is 348 g/mol. The fourth-order valence-electron chi connectivity index (χ4n) is 2.49. The van der Waals surface area contributed by atoms with Gasteiger partial charge in [-0.15, -0.1) is 11.3 Å². The van der Waals surface area contributed by atoms with Crippen LogP contribution >= 0.6 is 11.3 Å². The molecule has 2 aromatic heterocycles. The summed E-state index contributed by atoms with van der Waals surface area (Å²) in [7, 11) is 0. The first kappa shape index (κ1) is 18.5. The Labute approximate surface area is 149 Å². The number of nitrogens with one attached hydrogen (secondary N) is 2. The molecule has 1 unspecified atom stereocenters. The molecular weight excluding hydrogens is 318 g/mol. The second-order valence-electron chi connectivity index (χ2n) is 5.94. The molecule has 2 aromatic rings. The first-order chi connectivity index (χ1) is 11.7. The molecule has 2 N–H and O–H groups in total. The molecule has 0 aliphatic carbocycles. The van der Waals surface area contributed by atoms with Crippen molar-refractivity contribution in [3.63, 3.8) is 0 Å². The predicted octanol–water partition coefficient (Wildman–Crippen LogP) is 3.39. The standard InChI is InChI=1S/C18H29N5S/c1-4-19-18(22-14-15(2)17-8-7-13-24-17)21-9-5-6-11-23-12-10-20-16(23)3/h7-8,10,12-13,15H,4-6,9,11,14H2,1-3H3,(H2,19,21,22). The lowest BCUT2D eigenvalue weighted by atomic mass is 10.1. The van der Waals surface area contributed by atoms with Crippen molar-refractivity contribution in [2.24, 2.45) is 4.99 Å². The summed E-state index contributed by atoms with van der Waals surface area (Å²) in [4.78, 5) is 10.4. The quantitative estimate of drug-likeness (QED) is 0.415. The zero-order chi connectivity index (χ0) is 17.2. The maximum Gasteiger partial charge on any atom is 0.191 e. The molecule has 0 radical (unpaired) electrons. The number of aromatic nitrogens is 2. The Morgan fingerprint density at radius 2 is 2.25 bits per heavy atom. The van der Waals surface area contributed by atoms with Gasteiger partial charge < -0.3 is 15.2 Å². The number of guanidine groups is 1. The largest absolute Gasteiger partial charge is 0.357 e.